The van der Waals surface area contributed by atoms with Crippen molar-refractivity contribution in [1.82, 2.24) is 10.2 Å². The maximum atomic E-state index is 11.9. The highest BCUT2D eigenvalue weighted by atomic mass is 35.5. The van der Waals surface area contributed by atoms with Crippen molar-refractivity contribution >= 4 is 29.0 Å². The van der Waals surface area contributed by atoms with Crippen molar-refractivity contribution in [3.05, 3.63) is 41.0 Å². The number of halogens is 1. The fourth-order valence-corrected chi connectivity index (χ4v) is 1.66. The highest BCUT2D eigenvalue weighted by molar-refractivity contribution is 6.32. The number of nitrogens with one attached hydrogen (secondary N) is 1. The van der Waals surface area contributed by atoms with Crippen molar-refractivity contribution in [2.24, 2.45) is 0 Å². The van der Waals surface area contributed by atoms with Gasteiger partial charge in [-0.1, -0.05) is 11.6 Å². The zero-order chi connectivity index (χ0) is 13.8. The first kappa shape index (κ1) is 13.1. The molecule has 1 aromatic heterocycles. The summed E-state index contributed by atoms with van der Waals surface area (Å²) in [6, 6.07) is 7.91. The minimum Gasteiger partial charge on any atom is -0.495 e. The largest absolute Gasteiger partial charge is 0.495 e. The molecule has 98 valence electrons. The minimum absolute atomic E-state index is 0.168. The molecule has 7 heteroatoms. The van der Waals surface area contributed by atoms with E-state index in [2.05, 4.69) is 15.5 Å². The summed E-state index contributed by atoms with van der Waals surface area (Å²) in [6.07, 6.45) is 0. The molecule has 3 N–H and O–H groups in total. The molecule has 0 unspecified atom stereocenters. The molecule has 2 aromatic rings. The maximum absolute atomic E-state index is 11.9. The molecule has 0 saturated heterocycles. The number of aromatic nitrogens is 2. The Balaban J connectivity index is 2.14. The molecule has 0 radical (unpaired) electrons. The van der Waals surface area contributed by atoms with E-state index in [0.29, 0.717) is 16.5 Å². The number of rotatable bonds is 3. The molecule has 1 amide bonds. The average molecular weight is 279 g/mol. The van der Waals surface area contributed by atoms with Gasteiger partial charge in [-0.05, 0) is 30.3 Å². The quantitative estimate of drug-likeness (QED) is 0.896. The lowest BCUT2D eigenvalue weighted by atomic mass is 10.3. The molecule has 0 atom stereocenters. The van der Waals surface area contributed by atoms with E-state index in [9.17, 15) is 4.79 Å². The molecule has 0 saturated carbocycles. The number of ether oxygens (including phenoxy) is 1. The predicted molar refractivity (Wildman–Crippen MR) is 72.4 cm³/mol. The molecule has 0 bridgehead atoms. The van der Waals surface area contributed by atoms with Crippen LogP contribution in [0.15, 0.2) is 30.3 Å². The summed E-state index contributed by atoms with van der Waals surface area (Å²) in [4.78, 5) is 11.9. The van der Waals surface area contributed by atoms with Crippen LogP contribution in [0.3, 0.4) is 0 Å². The third-order valence-corrected chi connectivity index (χ3v) is 2.62. The van der Waals surface area contributed by atoms with Crippen LogP contribution < -0.4 is 15.8 Å². The van der Waals surface area contributed by atoms with Gasteiger partial charge in [-0.2, -0.15) is 0 Å². The van der Waals surface area contributed by atoms with E-state index in [1.165, 1.54) is 19.2 Å². The zero-order valence-corrected chi connectivity index (χ0v) is 10.8. The summed E-state index contributed by atoms with van der Waals surface area (Å²) in [5.74, 6) is 0.393. The number of anilines is 2. The van der Waals surface area contributed by atoms with Crippen molar-refractivity contribution in [3.8, 4) is 5.75 Å². The van der Waals surface area contributed by atoms with Gasteiger partial charge in [0, 0.05) is 5.69 Å². The van der Waals surface area contributed by atoms with Crippen LogP contribution in [0.5, 0.6) is 5.75 Å². The number of nitrogens with two attached hydrogens (primary N) is 1. The third kappa shape index (κ3) is 3.11. The predicted octanol–water partition coefficient (Wildman–Crippen LogP) is 1.97. The molecule has 19 heavy (non-hydrogen) atoms. The number of nitrogen functional groups attached to an aromatic ring is 1. The van der Waals surface area contributed by atoms with Gasteiger partial charge in [0.2, 0.25) is 0 Å². The van der Waals surface area contributed by atoms with Crippen molar-refractivity contribution < 1.29 is 9.53 Å². The smallest absolute Gasteiger partial charge is 0.276 e. The molecule has 0 spiro atoms. The van der Waals surface area contributed by atoms with Crippen LogP contribution in [0.2, 0.25) is 5.02 Å². The monoisotopic (exact) mass is 278 g/mol. The molecule has 0 aliphatic rings. The second-order valence-electron chi connectivity index (χ2n) is 3.65. The van der Waals surface area contributed by atoms with E-state index >= 15 is 0 Å². The third-order valence-electron chi connectivity index (χ3n) is 2.33. The molecule has 6 nitrogen and oxygen atoms in total. The van der Waals surface area contributed by atoms with Crippen LogP contribution >= 0.6 is 11.6 Å². The van der Waals surface area contributed by atoms with Gasteiger partial charge < -0.3 is 15.8 Å². The first-order valence-corrected chi connectivity index (χ1v) is 5.72. The van der Waals surface area contributed by atoms with Crippen LogP contribution in [0.25, 0.3) is 0 Å². The Morgan fingerprint density at radius 2 is 2.11 bits per heavy atom. The lowest BCUT2D eigenvalue weighted by Gasteiger charge is -2.07. The average Bonchev–Trinajstić information content (AvgIpc) is 2.39. The molecular formula is C12H11ClN4O2. The highest BCUT2D eigenvalue weighted by Crippen LogP contribution is 2.27. The van der Waals surface area contributed by atoms with Gasteiger partial charge in [0.25, 0.3) is 5.91 Å². The van der Waals surface area contributed by atoms with Gasteiger partial charge in [0.1, 0.15) is 11.6 Å². The number of hydrogen-bond acceptors (Lipinski definition) is 5. The lowest BCUT2D eigenvalue weighted by molar-refractivity contribution is 0.102. The molecular weight excluding hydrogens is 268 g/mol. The van der Waals surface area contributed by atoms with E-state index < -0.39 is 5.91 Å². The minimum atomic E-state index is -0.395. The van der Waals surface area contributed by atoms with Crippen molar-refractivity contribution in [2.45, 2.75) is 0 Å². The Hall–Kier alpha value is -2.34. The number of amides is 1. The molecule has 2 rings (SSSR count). The summed E-state index contributed by atoms with van der Waals surface area (Å²) in [6.45, 7) is 0. The standard InChI is InChI=1S/C12H11ClN4O2/c1-19-10-4-2-7(6-8(10)13)15-12(18)9-3-5-11(14)17-16-9/h2-6H,1H3,(H2,14,17)(H,15,18). The van der Waals surface area contributed by atoms with Gasteiger partial charge in [-0.15, -0.1) is 10.2 Å². The molecule has 1 aromatic carbocycles. The lowest BCUT2D eigenvalue weighted by Crippen LogP contribution is -2.14. The van der Waals surface area contributed by atoms with E-state index in [1.807, 2.05) is 0 Å². The topological polar surface area (TPSA) is 90.1 Å². The number of benzene rings is 1. The number of carbonyl (C=O) groups excluding carboxylic acids is 1. The summed E-state index contributed by atoms with van der Waals surface area (Å²) in [5, 5.41) is 10.3. The van der Waals surface area contributed by atoms with E-state index in [4.69, 9.17) is 22.1 Å². The van der Waals surface area contributed by atoms with Crippen molar-refractivity contribution in [2.75, 3.05) is 18.2 Å². The molecule has 0 aliphatic carbocycles. The first-order chi connectivity index (χ1) is 9.10. The number of hydrogen-bond donors (Lipinski definition) is 2. The van der Waals surface area contributed by atoms with Crippen LogP contribution in [0.1, 0.15) is 10.5 Å². The Morgan fingerprint density at radius 3 is 2.68 bits per heavy atom. The Labute approximate surface area is 114 Å². The van der Waals surface area contributed by atoms with Crippen LogP contribution in [-0.4, -0.2) is 23.2 Å². The fourth-order valence-electron chi connectivity index (χ4n) is 1.40. The maximum Gasteiger partial charge on any atom is 0.276 e. The SMILES string of the molecule is COc1ccc(NC(=O)c2ccc(N)nn2)cc1Cl. The number of methoxy groups -OCH3 is 1. The Kier molecular flexibility index (Phi) is 3.82. The first-order valence-electron chi connectivity index (χ1n) is 5.34. The summed E-state index contributed by atoms with van der Waals surface area (Å²) in [7, 11) is 1.52. The van der Waals surface area contributed by atoms with Gasteiger partial charge >= 0.3 is 0 Å². The molecule has 1 heterocycles. The second-order valence-corrected chi connectivity index (χ2v) is 4.05. The normalized spacial score (nSPS) is 10.0. The van der Waals surface area contributed by atoms with E-state index in [0.717, 1.165) is 0 Å². The summed E-state index contributed by atoms with van der Waals surface area (Å²) >= 11 is 5.96. The number of carbonyl (C=O) groups is 1. The Morgan fingerprint density at radius 1 is 1.32 bits per heavy atom. The zero-order valence-electron chi connectivity index (χ0n) is 10.1. The van der Waals surface area contributed by atoms with Crippen molar-refractivity contribution in [1.29, 1.82) is 0 Å². The van der Waals surface area contributed by atoms with Gasteiger partial charge in [-0.25, -0.2) is 0 Å². The summed E-state index contributed by atoms with van der Waals surface area (Å²) in [5.41, 5.74) is 6.10. The van der Waals surface area contributed by atoms with E-state index in [1.54, 1.807) is 18.2 Å². The van der Waals surface area contributed by atoms with Crippen LogP contribution in [0.4, 0.5) is 11.5 Å². The van der Waals surface area contributed by atoms with Crippen molar-refractivity contribution in [3.63, 3.8) is 0 Å². The van der Waals surface area contributed by atoms with Crippen LogP contribution in [0, 0.1) is 0 Å². The molecule has 0 fully saturated rings. The van der Waals surface area contributed by atoms with Crippen LogP contribution in [-0.2, 0) is 0 Å². The van der Waals surface area contributed by atoms with Gasteiger partial charge in [-0.3, -0.25) is 4.79 Å². The molecule has 0 aliphatic heterocycles. The van der Waals surface area contributed by atoms with E-state index in [-0.39, 0.29) is 11.5 Å². The Bertz CT molecular complexity index is 601. The second kappa shape index (κ2) is 5.53. The van der Waals surface area contributed by atoms with Gasteiger partial charge in [0.05, 0.1) is 12.1 Å². The highest BCUT2D eigenvalue weighted by Gasteiger charge is 2.09. The van der Waals surface area contributed by atoms with Gasteiger partial charge in [0.15, 0.2) is 5.69 Å². The fraction of sp³-hybridized carbons (Fsp3) is 0.0833. The summed E-state index contributed by atoms with van der Waals surface area (Å²) < 4.78 is 5.02. The number of nitrogens with zero attached hydrogens (tertiary/aromatic N) is 2.